The van der Waals surface area contributed by atoms with Crippen LogP contribution in [-0.4, -0.2) is 34.1 Å². The lowest BCUT2D eigenvalue weighted by Gasteiger charge is -2.07. The number of fused-ring (bicyclic) bond motifs is 1. The van der Waals surface area contributed by atoms with E-state index < -0.39 is 17.4 Å². The van der Waals surface area contributed by atoms with Crippen molar-refractivity contribution in [3.8, 4) is 11.5 Å². The normalized spacial score (nSPS) is 10.7. The van der Waals surface area contributed by atoms with Gasteiger partial charge < -0.3 is 24.9 Å². The predicted molar refractivity (Wildman–Crippen MR) is 127 cm³/mol. The van der Waals surface area contributed by atoms with Crippen molar-refractivity contribution in [1.29, 1.82) is 0 Å². The minimum absolute atomic E-state index is 0.0635. The number of methoxy groups -OCH3 is 1. The van der Waals surface area contributed by atoms with Crippen LogP contribution in [0.25, 0.3) is 10.2 Å². The van der Waals surface area contributed by atoms with E-state index in [-0.39, 0.29) is 25.4 Å². The minimum atomic E-state index is -0.904. The monoisotopic (exact) mass is 479 g/mol. The first-order valence-corrected chi connectivity index (χ1v) is 11.2. The van der Waals surface area contributed by atoms with E-state index in [1.165, 1.54) is 11.3 Å². The fraction of sp³-hybridized carbons (Fsp3) is 0.167. The number of hydrogen-bond donors (Lipinski definition) is 3. The van der Waals surface area contributed by atoms with Gasteiger partial charge in [0.2, 0.25) is 5.82 Å². The Morgan fingerprint density at radius 1 is 1.12 bits per heavy atom. The second-order valence-corrected chi connectivity index (χ2v) is 8.25. The van der Waals surface area contributed by atoms with Crippen LogP contribution in [0.3, 0.4) is 0 Å². The molecule has 10 heteroatoms. The topological polar surface area (TPSA) is 131 Å². The predicted octanol–water partition coefficient (Wildman–Crippen LogP) is 3.13. The first kappa shape index (κ1) is 23.0. The highest BCUT2D eigenvalue weighted by atomic mass is 32.1. The number of carboxylic acids is 1. The van der Waals surface area contributed by atoms with Crippen LogP contribution in [-0.2, 0) is 24.4 Å². The van der Waals surface area contributed by atoms with Gasteiger partial charge in [-0.05, 0) is 35.4 Å². The van der Waals surface area contributed by atoms with Gasteiger partial charge in [0.25, 0.3) is 11.5 Å². The van der Waals surface area contributed by atoms with Crippen molar-refractivity contribution in [3.63, 3.8) is 0 Å². The number of benzene rings is 2. The van der Waals surface area contributed by atoms with Gasteiger partial charge in [-0.1, -0.05) is 24.3 Å². The van der Waals surface area contributed by atoms with Crippen LogP contribution in [0, 0.1) is 0 Å². The number of nitrogens with zero attached hydrogens (tertiary/aromatic N) is 1. The summed E-state index contributed by atoms with van der Waals surface area (Å²) in [6, 6.07) is 14.0. The van der Waals surface area contributed by atoms with Gasteiger partial charge in [0.15, 0.2) is 0 Å². The largest absolute Gasteiger partial charge is 0.497 e. The Labute approximate surface area is 198 Å². The van der Waals surface area contributed by atoms with Gasteiger partial charge in [0.1, 0.15) is 22.9 Å². The number of carbonyl (C=O) groups is 2. The van der Waals surface area contributed by atoms with E-state index in [1.807, 2.05) is 24.3 Å². The molecule has 2 aromatic carbocycles. The van der Waals surface area contributed by atoms with Gasteiger partial charge >= 0.3 is 5.97 Å². The fourth-order valence-electron chi connectivity index (χ4n) is 3.31. The minimum Gasteiger partial charge on any atom is -0.497 e. The molecule has 0 saturated heterocycles. The van der Waals surface area contributed by atoms with Crippen molar-refractivity contribution >= 4 is 33.4 Å². The number of aliphatic carboxylic acids is 1. The van der Waals surface area contributed by atoms with Gasteiger partial charge in [0, 0.05) is 17.5 Å². The van der Waals surface area contributed by atoms with Gasteiger partial charge in [0.05, 0.1) is 18.9 Å². The zero-order valence-electron chi connectivity index (χ0n) is 18.2. The molecule has 0 aliphatic rings. The molecule has 0 radical (unpaired) electrons. The Hall–Kier alpha value is -4.18. The number of carboxylic acid groups (broad SMARTS) is 1. The number of carbonyl (C=O) groups excluding carboxylic acids is 1. The molecule has 0 bridgehead atoms. The highest BCUT2D eigenvalue weighted by Gasteiger charge is 2.16. The fourth-order valence-corrected chi connectivity index (χ4v) is 4.23. The van der Waals surface area contributed by atoms with Crippen LogP contribution in [0.2, 0.25) is 0 Å². The van der Waals surface area contributed by atoms with Gasteiger partial charge in [-0.25, -0.2) is 4.98 Å². The maximum atomic E-state index is 12.7. The lowest BCUT2D eigenvalue weighted by molar-refractivity contribution is -0.136. The number of hydrogen-bond acceptors (Lipinski definition) is 7. The molecule has 0 unspecified atom stereocenters. The number of aromatic amines is 1. The molecular formula is C24H21N3O6S. The molecule has 174 valence electrons. The second-order valence-electron chi connectivity index (χ2n) is 7.39. The highest BCUT2D eigenvalue weighted by molar-refractivity contribution is 7.16. The van der Waals surface area contributed by atoms with E-state index in [0.29, 0.717) is 32.8 Å². The summed E-state index contributed by atoms with van der Waals surface area (Å²) in [5, 5.41) is 13.7. The zero-order chi connectivity index (χ0) is 24.1. The summed E-state index contributed by atoms with van der Waals surface area (Å²) in [6.07, 6.45) is -0.0635. The highest BCUT2D eigenvalue weighted by Crippen LogP contribution is 2.23. The molecule has 0 aliphatic carbocycles. The lowest BCUT2D eigenvalue weighted by atomic mass is 10.1. The first-order chi connectivity index (χ1) is 16.4. The molecule has 0 spiro atoms. The molecule has 2 aromatic heterocycles. The summed E-state index contributed by atoms with van der Waals surface area (Å²) in [5.41, 5.74) is 1.74. The van der Waals surface area contributed by atoms with E-state index in [0.717, 1.165) is 5.56 Å². The number of aromatic nitrogens is 2. The Bertz CT molecular complexity index is 1390. The summed E-state index contributed by atoms with van der Waals surface area (Å²) in [7, 11) is 1.57. The van der Waals surface area contributed by atoms with Crippen molar-refractivity contribution in [2.75, 3.05) is 7.11 Å². The van der Waals surface area contributed by atoms with Crippen molar-refractivity contribution in [3.05, 3.63) is 86.8 Å². The smallest absolute Gasteiger partial charge is 0.307 e. The van der Waals surface area contributed by atoms with E-state index in [9.17, 15) is 14.4 Å². The molecule has 1 amide bonds. The quantitative estimate of drug-likeness (QED) is 0.336. The van der Waals surface area contributed by atoms with Crippen molar-refractivity contribution < 1.29 is 24.2 Å². The van der Waals surface area contributed by atoms with Crippen LogP contribution in [0.15, 0.2) is 58.7 Å². The van der Waals surface area contributed by atoms with E-state index >= 15 is 0 Å². The van der Waals surface area contributed by atoms with Crippen molar-refractivity contribution in [2.24, 2.45) is 0 Å². The Morgan fingerprint density at radius 3 is 2.65 bits per heavy atom. The summed E-state index contributed by atoms with van der Waals surface area (Å²) < 4.78 is 10.9. The maximum absolute atomic E-state index is 12.7. The number of amides is 1. The zero-order valence-corrected chi connectivity index (χ0v) is 19.0. The molecule has 0 atom stereocenters. The Kier molecular flexibility index (Phi) is 6.88. The standard InChI is InChI=1S/C24H21N3O6S/c1-32-18-4-2-3-15(9-18)11-25-23(31)21-26-22(30)20-16(13-34-24(20)27-21)12-33-17-7-5-14(6-8-17)10-19(28)29/h2-9,13H,10-12H2,1H3,(H,25,31)(H,28,29)(H,26,27,30). The summed E-state index contributed by atoms with van der Waals surface area (Å²) in [6.45, 7) is 0.386. The number of ether oxygens (including phenoxy) is 2. The third kappa shape index (κ3) is 5.41. The molecule has 4 aromatic rings. The van der Waals surface area contributed by atoms with Crippen LogP contribution >= 0.6 is 11.3 Å². The van der Waals surface area contributed by atoms with E-state index in [4.69, 9.17) is 14.6 Å². The van der Waals surface area contributed by atoms with Crippen molar-refractivity contribution in [1.82, 2.24) is 15.3 Å². The van der Waals surface area contributed by atoms with Gasteiger partial charge in [-0.3, -0.25) is 14.4 Å². The number of rotatable bonds is 9. The second kappa shape index (κ2) is 10.2. The van der Waals surface area contributed by atoms with Crippen molar-refractivity contribution in [2.45, 2.75) is 19.6 Å². The average Bonchev–Trinajstić information content (AvgIpc) is 3.25. The molecule has 9 nitrogen and oxygen atoms in total. The van der Waals surface area contributed by atoms with Crippen LogP contribution in [0.1, 0.15) is 27.3 Å². The first-order valence-electron chi connectivity index (χ1n) is 10.3. The molecule has 3 N–H and O–H groups in total. The summed E-state index contributed by atoms with van der Waals surface area (Å²) in [4.78, 5) is 43.3. The van der Waals surface area contributed by atoms with Crippen LogP contribution < -0.4 is 20.3 Å². The third-order valence-electron chi connectivity index (χ3n) is 5.00. The number of H-pyrrole nitrogens is 1. The Balaban J connectivity index is 1.43. The lowest BCUT2D eigenvalue weighted by Crippen LogP contribution is -2.27. The average molecular weight is 480 g/mol. The molecular weight excluding hydrogens is 458 g/mol. The van der Waals surface area contributed by atoms with E-state index in [2.05, 4.69) is 15.3 Å². The molecule has 34 heavy (non-hydrogen) atoms. The number of thiophene rings is 1. The molecule has 0 fully saturated rings. The SMILES string of the molecule is COc1cccc(CNC(=O)c2nc3scc(COc4ccc(CC(=O)O)cc4)c3c(=O)[nH]2)c1. The number of nitrogens with one attached hydrogen (secondary N) is 2. The van der Waals surface area contributed by atoms with Crippen LogP contribution in [0.5, 0.6) is 11.5 Å². The summed E-state index contributed by atoms with van der Waals surface area (Å²) >= 11 is 1.25. The molecule has 2 heterocycles. The van der Waals surface area contributed by atoms with Gasteiger partial charge in [-0.2, -0.15) is 0 Å². The molecule has 0 aliphatic heterocycles. The van der Waals surface area contributed by atoms with Gasteiger partial charge in [-0.15, -0.1) is 11.3 Å². The maximum Gasteiger partial charge on any atom is 0.307 e. The molecule has 0 saturated carbocycles. The molecule has 4 rings (SSSR count). The summed E-state index contributed by atoms with van der Waals surface area (Å²) in [5.74, 6) is -0.229. The third-order valence-corrected chi connectivity index (χ3v) is 5.92. The Morgan fingerprint density at radius 2 is 1.91 bits per heavy atom. The van der Waals surface area contributed by atoms with E-state index in [1.54, 1.807) is 36.8 Å². The van der Waals surface area contributed by atoms with Crippen LogP contribution in [0.4, 0.5) is 0 Å².